The number of allylic oxidation sites excluding steroid dienone is 1. The van der Waals surface area contributed by atoms with E-state index in [2.05, 4.69) is 10.3 Å². The van der Waals surface area contributed by atoms with Crippen LogP contribution in [0.2, 0.25) is 5.02 Å². The lowest BCUT2D eigenvalue weighted by Gasteiger charge is -2.25. The Bertz CT molecular complexity index is 1330. The van der Waals surface area contributed by atoms with Gasteiger partial charge in [0.05, 0.1) is 36.0 Å². The zero-order valence-corrected chi connectivity index (χ0v) is 20.0. The molecule has 34 heavy (non-hydrogen) atoms. The molecule has 3 heterocycles. The molecule has 3 aromatic rings. The zero-order valence-electron chi connectivity index (χ0n) is 19.2. The Kier molecular flexibility index (Phi) is 6.26. The lowest BCUT2D eigenvalue weighted by atomic mass is 9.99. The van der Waals surface area contributed by atoms with E-state index in [9.17, 15) is 9.59 Å². The first-order chi connectivity index (χ1) is 16.2. The quantitative estimate of drug-likeness (QED) is 0.535. The van der Waals surface area contributed by atoms with Gasteiger partial charge in [-0.15, -0.1) is 0 Å². The number of benzene rings is 1. The normalized spacial score (nSPS) is 17.2. The first-order valence-corrected chi connectivity index (χ1v) is 10.9. The fourth-order valence-corrected chi connectivity index (χ4v) is 4.18. The Morgan fingerprint density at radius 1 is 1.18 bits per heavy atom. The van der Waals surface area contributed by atoms with E-state index < -0.39 is 6.04 Å². The molecule has 0 radical (unpaired) electrons. The van der Waals surface area contributed by atoms with Gasteiger partial charge in [-0.1, -0.05) is 23.7 Å². The van der Waals surface area contributed by atoms with Gasteiger partial charge in [0.1, 0.15) is 6.04 Å². The highest BCUT2D eigenvalue weighted by Gasteiger charge is 2.43. The molecule has 2 N–H and O–H groups in total. The molecule has 1 atom stereocenters. The Morgan fingerprint density at radius 2 is 1.88 bits per heavy atom. The topological polar surface area (TPSA) is 100 Å². The Morgan fingerprint density at radius 3 is 2.47 bits per heavy atom. The van der Waals surface area contributed by atoms with Crippen molar-refractivity contribution in [1.82, 2.24) is 9.55 Å². The van der Waals surface area contributed by atoms with Crippen LogP contribution in [-0.4, -0.2) is 28.3 Å². The number of nitrogens with one attached hydrogen (secondary N) is 2. The fourth-order valence-electron chi connectivity index (χ4n) is 4.05. The van der Waals surface area contributed by atoms with E-state index in [0.717, 1.165) is 5.56 Å². The van der Waals surface area contributed by atoms with Crippen LogP contribution >= 0.6 is 11.6 Å². The summed E-state index contributed by atoms with van der Waals surface area (Å²) >= 11 is 6.08. The molecule has 0 spiro atoms. The van der Waals surface area contributed by atoms with Crippen LogP contribution in [0, 0.1) is 12.3 Å². The molecule has 1 aliphatic rings. The largest absolute Gasteiger partial charge is 0.481 e. The van der Waals surface area contributed by atoms with Crippen molar-refractivity contribution in [2.45, 2.75) is 19.9 Å². The molecule has 4 rings (SSSR count). The summed E-state index contributed by atoms with van der Waals surface area (Å²) in [7, 11) is 3.18. The summed E-state index contributed by atoms with van der Waals surface area (Å²) < 4.78 is 6.53. The monoisotopic (exact) mass is 477 g/mol. The second kappa shape index (κ2) is 9.15. The number of nitrogens with zero attached hydrogens (tertiary/aromatic N) is 3. The van der Waals surface area contributed by atoms with Crippen molar-refractivity contribution >= 4 is 34.6 Å². The summed E-state index contributed by atoms with van der Waals surface area (Å²) in [5.74, 6) is 0.133. The molecule has 2 aromatic heterocycles. The van der Waals surface area contributed by atoms with E-state index >= 15 is 0 Å². The van der Waals surface area contributed by atoms with Crippen molar-refractivity contribution in [2.75, 3.05) is 17.3 Å². The maximum atomic E-state index is 13.7. The number of amides is 1. The highest BCUT2D eigenvalue weighted by molar-refractivity contribution is 6.35. The summed E-state index contributed by atoms with van der Waals surface area (Å²) in [6, 6.07) is 11.6. The third-order valence-electron chi connectivity index (χ3n) is 5.70. The number of anilines is 2. The molecule has 174 valence electrons. The van der Waals surface area contributed by atoms with Crippen molar-refractivity contribution in [3.8, 4) is 5.88 Å². The van der Waals surface area contributed by atoms with Crippen LogP contribution in [0.5, 0.6) is 5.88 Å². The Balaban J connectivity index is 1.82. The van der Waals surface area contributed by atoms with Gasteiger partial charge in [0.25, 0.3) is 11.5 Å². The average molecular weight is 478 g/mol. The number of methoxy groups -OCH3 is 1. The predicted octanol–water partition coefficient (Wildman–Crippen LogP) is 4.24. The number of carbonyl (C=O) groups is 1. The van der Waals surface area contributed by atoms with E-state index in [1.165, 1.54) is 11.7 Å². The molecule has 1 aliphatic heterocycles. The lowest BCUT2D eigenvalue weighted by molar-refractivity contribution is -0.114. The number of hydrogen-bond donors (Lipinski definition) is 2. The number of aromatic nitrogens is 2. The zero-order chi connectivity index (χ0) is 24.6. The summed E-state index contributed by atoms with van der Waals surface area (Å²) in [6.45, 7) is 3.45. The lowest BCUT2D eigenvalue weighted by Crippen LogP contribution is -2.31. The van der Waals surface area contributed by atoms with Gasteiger partial charge in [0.15, 0.2) is 0 Å². The summed E-state index contributed by atoms with van der Waals surface area (Å²) in [6.07, 6.45) is 3.21. The molecule has 1 saturated heterocycles. The molecule has 1 unspecified atom stereocenters. The minimum atomic E-state index is -0.678. The molecule has 1 fully saturated rings. The van der Waals surface area contributed by atoms with Gasteiger partial charge >= 0.3 is 0 Å². The smallest absolute Gasteiger partial charge is 0.262 e. The van der Waals surface area contributed by atoms with E-state index in [0.29, 0.717) is 33.5 Å². The van der Waals surface area contributed by atoms with Gasteiger partial charge in [-0.05, 0) is 43.7 Å². The van der Waals surface area contributed by atoms with E-state index in [-0.39, 0.29) is 22.8 Å². The van der Waals surface area contributed by atoms with Crippen LogP contribution in [0.1, 0.15) is 24.1 Å². The molecule has 8 nitrogen and oxygen atoms in total. The van der Waals surface area contributed by atoms with E-state index in [4.69, 9.17) is 21.7 Å². The van der Waals surface area contributed by atoms with Crippen molar-refractivity contribution in [3.63, 3.8) is 0 Å². The van der Waals surface area contributed by atoms with Crippen LogP contribution in [0.3, 0.4) is 0 Å². The van der Waals surface area contributed by atoms with Crippen molar-refractivity contribution in [3.05, 3.63) is 92.6 Å². The molecule has 0 aliphatic carbocycles. The van der Waals surface area contributed by atoms with Crippen LogP contribution in [0.25, 0.3) is 0 Å². The number of rotatable bonds is 5. The maximum absolute atomic E-state index is 13.7. The highest BCUT2D eigenvalue weighted by Crippen LogP contribution is 2.39. The minimum absolute atomic E-state index is 0.144. The number of halogens is 1. The second-order valence-corrected chi connectivity index (χ2v) is 8.49. The van der Waals surface area contributed by atoms with E-state index in [1.54, 1.807) is 80.7 Å². The first-order valence-electron chi connectivity index (χ1n) is 10.5. The summed E-state index contributed by atoms with van der Waals surface area (Å²) in [5, 5.41) is 12.7. The van der Waals surface area contributed by atoms with Gasteiger partial charge in [0, 0.05) is 35.6 Å². The van der Waals surface area contributed by atoms with Crippen LogP contribution in [-0.2, 0) is 11.8 Å². The van der Waals surface area contributed by atoms with Crippen molar-refractivity contribution < 1.29 is 9.53 Å². The van der Waals surface area contributed by atoms with Crippen LogP contribution < -0.4 is 20.5 Å². The number of pyridine rings is 2. The average Bonchev–Trinajstić information content (AvgIpc) is 3.08. The van der Waals surface area contributed by atoms with Crippen LogP contribution in [0.15, 0.2) is 70.9 Å². The second-order valence-electron chi connectivity index (χ2n) is 8.05. The highest BCUT2D eigenvalue weighted by atomic mass is 35.5. The fraction of sp³-hybridized carbons (Fsp3) is 0.200. The Hall–Kier alpha value is -3.91. The van der Waals surface area contributed by atoms with Crippen LogP contribution in [0.4, 0.5) is 11.4 Å². The molecule has 9 heteroatoms. The molecular formula is C25H24ClN5O3. The standard InChI is InChI=1S/C25H24ClN5O3/c1-14-11-19(13-30(3)24(14)32)31-23(16-5-7-17(26)8-6-16)22(27)21(25(31)33)15(2)29-18-9-10-20(34-4)28-12-18/h5-13,23,27,29H,1-4H3/b21-15+,27-22?. The number of ether oxygens (including phenoxy) is 1. The van der Waals surface area contributed by atoms with Gasteiger partial charge in [-0.3, -0.25) is 14.5 Å². The minimum Gasteiger partial charge on any atom is -0.481 e. The van der Waals surface area contributed by atoms with Gasteiger partial charge in [-0.25, -0.2) is 4.98 Å². The van der Waals surface area contributed by atoms with Gasteiger partial charge in [0.2, 0.25) is 5.88 Å². The number of aryl methyl sites for hydroxylation is 2. The van der Waals surface area contributed by atoms with Crippen molar-refractivity contribution in [1.29, 1.82) is 5.41 Å². The van der Waals surface area contributed by atoms with Crippen molar-refractivity contribution in [2.24, 2.45) is 7.05 Å². The molecular weight excluding hydrogens is 454 g/mol. The third kappa shape index (κ3) is 4.20. The summed E-state index contributed by atoms with van der Waals surface area (Å²) in [5.41, 5.74) is 3.20. The van der Waals surface area contributed by atoms with E-state index in [1.807, 2.05) is 0 Å². The Labute approximate surface area is 202 Å². The number of carbonyl (C=O) groups excluding carboxylic acids is 1. The SMILES string of the molecule is COc1ccc(N/C(C)=C2\C(=N)C(c3ccc(Cl)cc3)N(c3cc(C)c(=O)n(C)c3)C2=O)cn1. The molecule has 0 saturated carbocycles. The van der Waals surface area contributed by atoms with Gasteiger partial charge < -0.3 is 20.0 Å². The molecule has 1 amide bonds. The van der Waals surface area contributed by atoms with Gasteiger partial charge in [-0.2, -0.15) is 0 Å². The predicted molar refractivity (Wildman–Crippen MR) is 133 cm³/mol. The third-order valence-corrected chi connectivity index (χ3v) is 5.95. The molecule has 0 bridgehead atoms. The summed E-state index contributed by atoms with van der Waals surface area (Å²) in [4.78, 5) is 31.7. The maximum Gasteiger partial charge on any atom is 0.262 e. The first kappa shape index (κ1) is 23.3. The molecule has 1 aromatic carbocycles. The number of hydrogen-bond acceptors (Lipinski definition) is 6.